The van der Waals surface area contributed by atoms with Crippen LogP contribution in [0.1, 0.15) is 36.6 Å². The Morgan fingerprint density at radius 2 is 2.08 bits per heavy atom. The van der Waals surface area contributed by atoms with E-state index in [4.69, 9.17) is 4.74 Å². The lowest BCUT2D eigenvalue weighted by Gasteiger charge is -2.33. The van der Waals surface area contributed by atoms with Gasteiger partial charge >= 0.3 is 5.97 Å². The number of carbonyl (C=O) groups is 2. The van der Waals surface area contributed by atoms with E-state index in [-0.39, 0.29) is 12.5 Å². The summed E-state index contributed by atoms with van der Waals surface area (Å²) >= 11 is 1.41. The number of amides is 1. The van der Waals surface area contributed by atoms with Crippen LogP contribution in [0.15, 0.2) is 34.5 Å². The molecule has 2 heterocycles. The second-order valence-electron chi connectivity index (χ2n) is 5.91. The number of ether oxygens (including phenoxy) is 1. The Kier molecular flexibility index (Phi) is 4.49. The lowest BCUT2D eigenvalue weighted by atomic mass is 9.92. The molecule has 1 fully saturated rings. The number of nitrogens with zero attached hydrogens (tertiary/aromatic N) is 2. The first-order valence-corrected chi connectivity index (χ1v) is 8.91. The van der Waals surface area contributed by atoms with Crippen molar-refractivity contribution < 1.29 is 14.3 Å². The smallest absolute Gasteiger partial charge is 0.338 e. The Morgan fingerprint density at radius 3 is 2.75 bits per heavy atom. The van der Waals surface area contributed by atoms with Crippen LogP contribution in [0.25, 0.3) is 0 Å². The number of fused-ring (bicyclic) bond motifs is 1. The van der Waals surface area contributed by atoms with Crippen LogP contribution in [0.5, 0.6) is 0 Å². The first-order chi connectivity index (χ1) is 11.4. The molecule has 1 atom stereocenters. The van der Waals surface area contributed by atoms with Gasteiger partial charge in [0, 0.05) is 0 Å². The van der Waals surface area contributed by atoms with Crippen molar-refractivity contribution in [1.82, 2.24) is 4.90 Å². The van der Waals surface area contributed by atoms with Crippen LogP contribution in [0.4, 0.5) is 0 Å². The second-order valence-corrected chi connectivity index (χ2v) is 6.86. The molecule has 0 aromatic heterocycles. The molecule has 2 aliphatic heterocycles. The molecule has 0 radical (unpaired) electrons. The van der Waals surface area contributed by atoms with Crippen molar-refractivity contribution in [2.45, 2.75) is 33.7 Å². The highest BCUT2D eigenvalue weighted by atomic mass is 32.2. The largest absolute Gasteiger partial charge is 0.463 e. The van der Waals surface area contributed by atoms with Crippen LogP contribution in [0.2, 0.25) is 0 Å². The minimum atomic E-state index is -0.474. The number of amidine groups is 1. The summed E-state index contributed by atoms with van der Waals surface area (Å²) in [5.41, 5.74) is 4.26. The predicted molar refractivity (Wildman–Crippen MR) is 94.7 cm³/mol. The summed E-state index contributed by atoms with van der Waals surface area (Å²) in [6.07, 6.45) is 0. The normalized spacial score (nSPS) is 20.2. The highest BCUT2D eigenvalue weighted by Crippen LogP contribution is 2.41. The van der Waals surface area contributed by atoms with Gasteiger partial charge in [-0.1, -0.05) is 30.0 Å². The van der Waals surface area contributed by atoms with Gasteiger partial charge < -0.3 is 4.74 Å². The Hall–Kier alpha value is -2.08. The zero-order valence-corrected chi connectivity index (χ0v) is 15.1. The first kappa shape index (κ1) is 16.8. The SMILES string of the molecule is CCOC(=O)C1=C(C)N=C2SCC(=O)N2C1c1ccc(C)c(C)c1. The highest BCUT2D eigenvalue weighted by Gasteiger charge is 2.43. The van der Waals surface area contributed by atoms with Crippen LogP contribution in [0.3, 0.4) is 0 Å². The highest BCUT2D eigenvalue weighted by molar-refractivity contribution is 8.15. The van der Waals surface area contributed by atoms with Crippen molar-refractivity contribution in [1.29, 1.82) is 0 Å². The Labute approximate surface area is 145 Å². The molecular formula is C18H20N2O3S. The van der Waals surface area contributed by atoms with Crippen LogP contribution < -0.4 is 0 Å². The molecule has 0 saturated carbocycles. The predicted octanol–water partition coefficient (Wildman–Crippen LogP) is 3.13. The van der Waals surface area contributed by atoms with Gasteiger partial charge in [0.2, 0.25) is 5.91 Å². The average Bonchev–Trinajstić information content (AvgIpc) is 2.89. The van der Waals surface area contributed by atoms with Gasteiger partial charge in [-0.3, -0.25) is 9.69 Å². The van der Waals surface area contributed by atoms with Gasteiger partial charge in [0.1, 0.15) is 0 Å². The van der Waals surface area contributed by atoms with Crippen LogP contribution in [-0.4, -0.2) is 34.3 Å². The fraction of sp³-hybridized carbons (Fsp3) is 0.389. The van der Waals surface area contributed by atoms with E-state index in [0.717, 1.165) is 11.1 Å². The fourth-order valence-corrected chi connectivity index (χ4v) is 3.90. The zero-order valence-electron chi connectivity index (χ0n) is 14.3. The molecule has 1 aromatic rings. The number of esters is 1. The monoisotopic (exact) mass is 344 g/mol. The molecule has 5 nitrogen and oxygen atoms in total. The quantitative estimate of drug-likeness (QED) is 0.791. The maximum atomic E-state index is 12.5. The van der Waals surface area contributed by atoms with E-state index < -0.39 is 12.0 Å². The van der Waals surface area contributed by atoms with Crippen molar-refractivity contribution in [2.24, 2.45) is 4.99 Å². The molecule has 1 saturated heterocycles. The number of benzene rings is 1. The van der Waals surface area contributed by atoms with E-state index in [0.29, 0.717) is 22.2 Å². The van der Waals surface area contributed by atoms with Gasteiger partial charge in [0.25, 0.3) is 0 Å². The fourth-order valence-electron chi connectivity index (χ4n) is 2.96. The third-order valence-corrected chi connectivity index (χ3v) is 5.26. The van der Waals surface area contributed by atoms with Gasteiger partial charge in [-0.05, 0) is 44.4 Å². The number of allylic oxidation sites excluding steroid dienone is 1. The van der Waals surface area contributed by atoms with E-state index >= 15 is 0 Å². The molecule has 2 aliphatic rings. The van der Waals surface area contributed by atoms with Crippen LogP contribution in [0, 0.1) is 13.8 Å². The zero-order chi connectivity index (χ0) is 17.4. The number of carbonyl (C=O) groups excluding carboxylic acids is 2. The summed E-state index contributed by atoms with van der Waals surface area (Å²) in [7, 11) is 0. The molecule has 0 aliphatic carbocycles. The van der Waals surface area contributed by atoms with E-state index in [1.165, 1.54) is 17.3 Å². The van der Waals surface area contributed by atoms with Crippen molar-refractivity contribution in [3.63, 3.8) is 0 Å². The Bertz CT molecular complexity index is 782. The third-order valence-electron chi connectivity index (χ3n) is 4.33. The first-order valence-electron chi connectivity index (χ1n) is 7.92. The summed E-state index contributed by atoms with van der Waals surface area (Å²) in [4.78, 5) is 31.1. The number of thioether (sulfide) groups is 1. The molecule has 0 spiro atoms. The molecule has 6 heteroatoms. The number of aliphatic imine (C=N–C) groups is 1. The summed E-state index contributed by atoms with van der Waals surface area (Å²) < 4.78 is 5.23. The minimum absolute atomic E-state index is 0.0312. The maximum absolute atomic E-state index is 12.5. The van der Waals surface area contributed by atoms with Crippen LogP contribution >= 0.6 is 11.8 Å². The molecule has 0 bridgehead atoms. The molecule has 24 heavy (non-hydrogen) atoms. The van der Waals surface area contributed by atoms with Gasteiger partial charge in [-0.25, -0.2) is 9.79 Å². The second kappa shape index (κ2) is 6.43. The molecule has 0 N–H and O–H groups in total. The van der Waals surface area contributed by atoms with Gasteiger partial charge in [-0.15, -0.1) is 0 Å². The molecule has 3 rings (SSSR count). The molecule has 1 amide bonds. The molecular weight excluding hydrogens is 324 g/mol. The van der Waals surface area contributed by atoms with Crippen molar-refractivity contribution >= 4 is 28.8 Å². The topological polar surface area (TPSA) is 59.0 Å². The average molecular weight is 344 g/mol. The van der Waals surface area contributed by atoms with Crippen molar-refractivity contribution in [3.05, 3.63) is 46.2 Å². The van der Waals surface area contributed by atoms with E-state index in [1.807, 2.05) is 32.0 Å². The summed E-state index contributed by atoms with van der Waals surface area (Å²) in [5.74, 6) is -0.0918. The maximum Gasteiger partial charge on any atom is 0.338 e. The van der Waals surface area contributed by atoms with Gasteiger partial charge in [0.05, 0.1) is 29.7 Å². The molecule has 1 aromatic carbocycles. The summed E-state index contributed by atoms with van der Waals surface area (Å²) in [6, 6.07) is 5.55. The van der Waals surface area contributed by atoms with E-state index in [9.17, 15) is 9.59 Å². The molecule has 126 valence electrons. The number of aryl methyl sites for hydroxylation is 2. The van der Waals surface area contributed by atoms with Crippen molar-refractivity contribution in [2.75, 3.05) is 12.4 Å². The summed E-state index contributed by atoms with van der Waals surface area (Å²) in [6.45, 7) is 7.92. The lowest BCUT2D eigenvalue weighted by Crippen LogP contribution is -2.39. The summed E-state index contributed by atoms with van der Waals surface area (Å²) in [5, 5.41) is 0.661. The third kappa shape index (κ3) is 2.75. The number of hydrogen-bond donors (Lipinski definition) is 0. The standard InChI is InChI=1S/C18H20N2O3S/c1-5-23-17(22)15-12(4)19-18-20(14(21)9-24-18)16(15)13-7-6-10(2)11(3)8-13/h6-8,16H,5,9H2,1-4H3. The number of rotatable bonds is 3. The van der Waals surface area contributed by atoms with Gasteiger partial charge in [0.15, 0.2) is 5.17 Å². The Morgan fingerprint density at radius 1 is 1.33 bits per heavy atom. The van der Waals surface area contributed by atoms with Crippen LogP contribution in [-0.2, 0) is 14.3 Å². The Balaban J connectivity index is 2.16. The van der Waals surface area contributed by atoms with E-state index in [1.54, 1.807) is 18.7 Å². The van der Waals surface area contributed by atoms with Crippen molar-refractivity contribution in [3.8, 4) is 0 Å². The minimum Gasteiger partial charge on any atom is -0.463 e. The van der Waals surface area contributed by atoms with Gasteiger partial charge in [-0.2, -0.15) is 0 Å². The van der Waals surface area contributed by atoms with E-state index in [2.05, 4.69) is 4.99 Å². The lowest BCUT2D eigenvalue weighted by molar-refractivity contribution is -0.139. The molecule has 1 unspecified atom stereocenters. The number of hydrogen-bond acceptors (Lipinski definition) is 5.